The molecule has 248 valence electrons. The van der Waals surface area contributed by atoms with E-state index in [0.717, 1.165) is 44.1 Å². The minimum Gasteiger partial charge on any atom is -0.457 e. The Morgan fingerprint density at radius 3 is 2.35 bits per heavy atom. The summed E-state index contributed by atoms with van der Waals surface area (Å²) >= 11 is 0. The molecule has 2 saturated heterocycles. The molecule has 43 heavy (non-hydrogen) atoms. The molecule has 6 nitrogen and oxygen atoms in total. The number of hydrogen-bond donors (Lipinski definition) is 1. The Balaban J connectivity index is 0.00000126. The number of esters is 1. The normalized spacial score (nSPS) is 48.6. The molecule has 7 unspecified atom stereocenters. The maximum Gasteiger partial charge on any atom is 0.303 e. The zero-order valence-corrected chi connectivity index (χ0v) is 28.6. The predicted molar refractivity (Wildman–Crippen MR) is 169 cm³/mol. The van der Waals surface area contributed by atoms with Gasteiger partial charge in [-0.15, -0.1) is 0 Å². The van der Waals surface area contributed by atoms with Crippen LogP contribution in [0.15, 0.2) is 0 Å². The van der Waals surface area contributed by atoms with E-state index in [1.807, 2.05) is 13.8 Å². The molecule has 0 aromatic rings. The Kier molecular flexibility index (Phi) is 8.43. The second kappa shape index (κ2) is 11.2. The molecule has 2 spiro atoms. The smallest absolute Gasteiger partial charge is 0.303 e. The van der Waals surface area contributed by atoms with Crippen LogP contribution in [0.3, 0.4) is 0 Å². The first-order valence-electron chi connectivity index (χ1n) is 18.1. The van der Waals surface area contributed by atoms with Crippen LogP contribution in [0.2, 0.25) is 0 Å². The number of fused-ring (bicyclic) bond motifs is 4. The molecule has 5 aliphatic carbocycles. The highest BCUT2D eigenvalue weighted by atomic mass is 16.7. The first-order valence-corrected chi connectivity index (χ1v) is 18.1. The van der Waals surface area contributed by atoms with Crippen LogP contribution in [0.1, 0.15) is 140 Å². The average molecular weight is 605 g/mol. The predicted octanol–water partition coefficient (Wildman–Crippen LogP) is 8.08. The first-order chi connectivity index (χ1) is 20.3. The van der Waals surface area contributed by atoms with Gasteiger partial charge in [-0.3, -0.25) is 4.79 Å². The van der Waals surface area contributed by atoms with E-state index in [-0.39, 0.29) is 31.3 Å². The largest absolute Gasteiger partial charge is 0.457 e. The van der Waals surface area contributed by atoms with E-state index < -0.39 is 11.7 Å². The van der Waals surface area contributed by atoms with Crippen LogP contribution in [-0.2, 0) is 23.7 Å². The van der Waals surface area contributed by atoms with Gasteiger partial charge in [0, 0.05) is 15.0 Å². The molecule has 5 saturated carbocycles. The molecule has 7 rings (SSSR count). The fourth-order valence-electron chi connectivity index (χ4n) is 12.6. The van der Waals surface area contributed by atoms with Gasteiger partial charge in [-0.25, -0.2) is 0 Å². The van der Waals surface area contributed by atoms with Crippen molar-refractivity contribution in [2.24, 2.45) is 45.3 Å². The van der Waals surface area contributed by atoms with Crippen LogP contribution < -0.4 is 0 Å². The van der Waals surface area contributed by atoms with Crippen LogP contribution in [0.5, 0.6) is 0 Å². The SMILES string of the molecule is CC.CC(=O)O[C@@H](C1CCC2C(CC3C4CCC5C(C)(C)[C@@H](OC6CCCCO6)CC[C@@]56C[C@@]46CC[C@]23C)O1)C(C)(C)O.[HH]. The Bertz CT molecular complexity index is 1040. The summed E-state index contributed by atoms with van der Waals surface area (Å²) in [7, 11) is 0. The summed E-state index contributed by atoms with van der Waals surface area (Å²) in [4.78, 5) is 11.9. The molecule has 1 N–H and O–H groups in total. The summed E-state index contributed by atoms with van der Waals surface area (Å²) in [5.41, 5.74) is 0.426. The lowest BCUT2D eigenvalue weighted by atomic mass is 9.46. The summed E-state index contributed by atoms with van der Waals surface area (Å²) in [6.07, 6.45) is 15.6. The summed E-state index contributed by atoms with van der Waals surface area (Å²) < 4.78 is 25.3. The van der Waals surface area contributed by atoms with Crippen molar-refractivity contribution in [1.82, 2.24) is 0 Å². The number of hydrogen-bond acceptors (Lipinski definition) is 6. The van der Waals surface area contributed by atoms with Gasteiger partial charge in [-0.2, -0.15) is 0 Å². The van der Waals surface area contributed by atoms with Crippen LogP contribution in [-0.4, -0.2) is 54.0 Å². The Labute approximate surface area is 263 Å². The lowest BCUT2D eigenvalue weighted by molar-refractivity contribution is -0.237. The van der Waals surface area contributed by atoms with Gasteiger partial charge in [0.1, 0.15) is 0 Å². The number of ether oxygens (including phenoxy) is 4. The third-order valence-corrected chi connectivity index (χ3v) is 14.3. The Morgan fingerprint density at radius 2 is 1.67 bits per heavy atom. The van der Waals surface area contributed by atoms with Crippen LogP contribution in [0.25, 0.3) is 0 Å². The van der Waals surface area contributed by atoms with Gasteiger partial charge in [-0.05, 0) is 143 Å². The second-order valence-corrected chi connectivity index (χ2v) is 16.9. The average Bonchev–Trinajstić information content (AvgIpc) is 3.54. The third kappa shape index (κ3) is 4.97. The summed E-state index contributed by atoms with van der Waals surface area (Å²) in [6, 6.07) is 0. The molecule has 6 heteroatoms. The zero-order valence-electron chi connectivity index (χ0n) is 28.6. The van der Waals surface area contributed by atoms with Crippen molar-refractivity contribution in [1.29, 1.82) is 0 Å². The van der Waals surface area contributed by atoms with Crippen molar-refractivity contribution in [2.45, 2.75) is 175 Å². The van der Waals surface area contributed by atoms with E-state index >= 15 is 0 Å². The number of aliphatic hydroxyl groups is 1. The fraction of sp³-hybridized carbons (Fsp3) is 0.973. The van der Waals surface area contributed by atoms with Crippen molar-refractivity contribution in [3.63, 3.8) is 0 Å². The fourth-order valence-corrected chi connectivity index (χ4v) is 12.6. The van der Waals surface area contributed by atoms with Crippen molar-refractivity contribution in [2.75, 3.05) is 6.61 Å². The van der Waals surface area contributed by atoms with Crippen LogP contribution >= 0.6 is 0 Å². The molecular formula is C37H64O6. The molecule has 0 amide bonds. The molecule has 12 atom stereocenters. The maximum absolute atomic E-state index is 11.9. The van der Waals surface area contributed by atoms with Gasteiger partial charge < -0.3 is 24.1 Å². The minimum atomic E-state index is -1.13. The van der Waals surface area contributed by atoms with E-state index in [1.165, 1.54) is 64.7 Å². The highest BCUT2D eigenvalue weighted by Crippen LogP contribution is 2.87. The minimum absolute atomic E-state index is 0. The van der Waals surface area contributed by atoms with Crippen molar-refractivity contribution >= 4 is 5.97 Å². The first kappa shape index (κ1) is 32.3. The molecule has 2 aliphatic heterocycles. The maximum atomic E-state index is 11.9. The van der Waals surface area contributed by atoms with Gasteiger partial charge in [-0.1, -0.05) is 34.6 Å². The number of carbonyl (C=O) groups excluding carboxylic acids is 1. The van der Waals surface area contributed by atoms with E-state index in [1.54, 1.807) is 13.8 Å². The Morgan fingerprint density at radius 1 is 0.930 bits per heavy atom. The molecule has 0 radical (unpaired) electrons. The lowest BCUT2D eigenvalue weighted by Gasteiger charge is -2.60. The summed E-state index contributed by atoms with van der Waals surface area (Å²) in [5.74, 6) is 2.50. The van der Waals surface area contributed by atoms with Gasteiger partial charge in [0.15, 0.2) is 12.4 Å². The molecule has 2 heterocycles. The molecule has 0 aromatic carbocycles. The quantitative estimate of drug-likeness (QED) is 0.253. The molecule has 7 fully saturated rings. The van der Waals surface area contributed by atoms with Gasteiger partial charge in [0.2, 0.25) is 0 Å². The van der Waals surface area contributed by atoms with E-state index in [2.05, 4.69) is 20.8 Å². The molecule has 0 bridgehead atoms. The van der Waals surface area contributed by atoms with E-state index in [0.29, 0.717) is 34.2 Å². The van der Waals surface area contributed by atoms with Crippen LogP contribution in [0, 0.1) is 45.3 Å². The zero-order chi connectivity index (χ0) is 31.0. The van der Waals surface area contributed by atoms with Crippen molar-refractivity contribution < 1.29 is 30.3 Å². The third-order valence-electron chi connectivity index (χ3n) is 14.3. The van der Waals surface area contributed by atoms with Gasteiger partial charge in [0.25, 0.3) is 0 Å². The molecule has 0 aromatic heterocycles. The topological polar surface area (TPSA) is 74.2 Å². The highest BCUT2D eigenvalue weighted by molar-refractivity contribution is 5.66. The number of carbonyl (C=O) groups is 1. The monoisotopic (exact) mass is 604 g/mol. The Hall–Kier alpha value is -0.690. The summed E-state index contributed by atoms with van der Waals surface area (Å²) in [5, 5.41) is 10.9. The van der Waals surface area contributed by atoms with Gasteiger partial charge in [0.05, 0.1) is 23.9 Å². The lowest BCUT2D eigenvalue weighted by Crippen LogP contribution is -2.55. The summed E-state index contributed by atoms with van der Waals surface area (Å²) in [6.45, 7) is 17.4. The second-order valence-electron chi connectivity index (χ2n) is 16.9. The van der Waals surface area contributed by atoms with Crippen LogP contribution in [0.4, 0.5) is 0 Å². The van der Waals surface area contributed by atoms with E-state index in [9.17, 15) is 9.90 Å². The highest BCUT2D eigenvalue weighted by Gasteiger charge is 2.80. The van der Waals surface area contributed by atoms with Crippen molar-refractivity contribution in [3.8, 4) is 0 Å². The van der Waals surface area contributed by atoms with E-state index in [4.69, 9.17) is 18.9 Å². The molecule has 7 aliphatic rings. The standard InChI is InChI=1S/C35H56O6.C2H6.H2/c1-21(36)39-30(32(4,5)37)25-12-10-23-26(40-25)19-24-22-11-13-27-31(2,3)28(41-29-9-7-8-18-38-29)14-15-35(27)20-34(22,35)17-16-33(23,24)6;1-2;/h22-30,37H,7-20H2,1-6H3;1-2H3;1H/t22?,23?,24?,25?,26?,27?,28-,29?,30-,33+,34-,35+;;/m0../s1. The van der Waals surface area contributed by atoms with Crippen molar-refractivity contribution in [3.05, 3.63) is 0 Å². The van der Waals surface area contributed by atoms with Gasteiger partial charge >= 0.3 is 5.97 Å². The molecular weight excluding hydrogens is 540 g/mol. The number of rotatable bonds is 5.